The summed E-state index contributed by atoms with van der Waals surface area (Å²) in [6, 6.07) is 3.94. The number of aromatic nitrogens is 3. The molecule has 138 valence electrons. The van der Waals surface area contributed by atoms with Crippen LogP contribution in [0.4, 0.5) is 0 Å². The van der Waals surface area contributed by atoms with Gasteiger partial charge < -0.3 is 9.64 Å². The van der Waals surface area contributed by atoms with Crippen molar-refractivity contribution in [2.75, 3.05) is 6.61 Å². The van der Waals surface area contributed by atoms with Crippen molar-refractivity contribution in [2.45, 2.75) is 57.5 Å². The number of fused-ring (bicyclic) bond motifs is 1. The van der Waals surface area contributed by atoms with Gasteiger partial charge in [0, 0.05) is 25.0 Å². The molecule has 0 aliphatic heterocycles. The highest BCUT2D eigenvalue weighted by Crippen LogP contribution is 2.29. The van der Waals surface area contributed by atoms with Gasteiger partial charge in [0.25, 0.3) is 5.91 Å². The van der Waals surface area contributed by atoms with Gasteiger partial charge in [-0.1, -0.05) is 12.8 Å². The number of ether oxygens (including phenoxy) is 1. The van der Waals surface area contributed by atoms with Crippen molar-refractivity contribution in [1.82, 2.24) is 19.7 Å². The smallest absolute Gasteiger partial charge is 0.261 e. The zero-order valence-corrected chi connectivity index (χ0v) is 15.4. The number of hydrogen-bond acceptors (Lipinski definition) is 4. The summed E-state index contributed by atoms with van der Waals surface area (Å²) in [7, 11) is 2.01. The van der Waals surface area contributed by atoms with Crippen LogP contribution < -0.4 is 4.74 Å². The standard InChI is InChI=1S/C20H26N4O2/c1-23-19-10-4-9-17(19)18(22-23)13-24(15-6-2-3-7-15)20(25)14-26-16-8-5-11-21-12-16/h5,8,11-12,15H,2-4,6-7,9-10,13-14H2,1H3. The van der Waals surface area contributed by atoms with E-state index in [1.807, 2.05) is 28.8 Å². The van der Waals surface area contributed by atoms with Gasteiger partial charge in [0.1, 0.15) is 5.75 Å². The Morgan fingerprint density at radius 1 is 1.31 bits per heavy atom. The predicted molar refractivity (Wildman–Crippen MR) is 97.8 cm³/mol. The maximum absolute atomic E-state index is 13.0. The number of amides is 1. The van der Waals surface area contributed by atoms with E-state index in [4.69, 9.17) is 9.84 Å². The van der Waals surface area contributed by atoms with Crippen molar-refractivity contribution in [3.8, 4) is 5.75 Å². The predicted octanol–water partition coefficient (Wildman–Crippen LogP) is 2.65. The third-order valence-corrected chi connectivity index (χ3v) is 5.60. The van der Waals surface area contributed by atoms with Crippen LogP contribution in [0.15, 0.2) is 24.5 Å². The zero-order chi connectivity index (χ0) is 17.9. The molecule has 0 N–H and O–H groups in total. The average molecular weight is 354 g/mol. The molecule has 0 bridgehead atoms. The highest BCUT2D eigenvalue weighted by atomic mass is 16.5. The van der Waals surface area contributed by atoms with Crippen molar-refractivity contribution in [1.29, 1.82) is 0 Å². The van der Waals surface area contributed by atoms with Crippen LogP contribution in [0.1, 0.15) is 49.1 Å². The molecule has 2 aromatic heterocycles. The molecular formula is C20H26N4O2. The van der Waals surface area contributed by atoms with Crippen molar-refractivity contribution < 1.29 is 9.53 Å². The minimum atomic E-state index is 0.0400. The molecule has 0 aromatic carbocycles. The SMILES string of the molecule is Cn1nc(CN(C(=O)COc2cccnc2)C2CCCC2)c2c1CCC2. The molecule has 0 spiro atoms. The van der Waals surface area contributed by atoms with Gasteiger partial charge >= 0.3 is 0 Å². The summed E-state index contributed by atoms with van der Waals surface area (Å²) in [6.45, 7) is 0.653. The lowest BCUT2D eigenvalue weighted by Gasteiger charge is -2.28. The fourth-order valence-electron chi connectivity index (χ4n) is 4.28. The highest BCUT2D eigenvalue weighted by Gasteiger charge is 2.30. The van der Waals surface area contributed by atoms with Gasteiger partial charge in [-0.2, -0.15) is 5.10 Å². The van der Waals surface area contributed by atoms with Crippen molar-refractivity contribution >= 4 is 5.91 Å². The Kier molecular flexibility index (Phi) is 4.91. The first-order valence-corrected chi connectivity index (χ1v) is 9.58. The molecule has 2 aliphatic rings. The summed E-state index contributed by atoms with van der Waals surface area (Å²) in [5, 5.41) is 4.72. The Bertz CT molecular complexity index is 766. The van der Waals surface area contributed by atoms with Gasteiger partial charge in [0.2, 0.25) is 0 Å². The number of hydrogen-bond donors (Lipinski definition) is 0. The molecule has 1 fully saturated rings. The Morgan fingerprint density at radius 2 is 2.15 bits per heavy atom. The Labute approximate surface area is 154 Å². The topological polar surface area (TPSA) is 60.2 Å². The molecular weight excluding hydrogens is 328 g/mol. The van der Waals surface area contributed by atoms with E-state index in [9.17, 15) is 4.79 Å². The van der Waals surface area contributed by atoms with Crippen molar-refractivity contribution in [3.05, 3.63) is 41.5 Å². The minimum absolute atomic E-state index is 0.0400. The van der Waals surface area contributed by atoms with Crippen LogP contribution in [-0.4, -0.2) is 38.2 Å². The fraction of sp³-hybridized carbons (Fsp3) is 0.550. The second-order valence-electron chi connectivity index (χ2n) is 7.29. The summed E-state index contributed by atoms with van der Waals surface area (Å²) < 4.78 is 7.67. The monoisotopic (exact) mass is 354 g/mol. The average Bonchev–Trinajstić information content (AvgIpc) is 3.39. The molecule has 26 heavy (non-hydrogen) atoms. The van der Waals surface area contributed by atoms with Crippen LogP contribution in [0.25, 0.3) is 0 Å². The molecule has 1 amide bonds. The summed E-state index contributed by atoms with van der Waals surface area (Å²) in [5.41, 5.74) is 3.77. The molecule has 6 heteroatoms. The Morgan fingerprint density at radius 3 is 2.92 bits per heavy atom. The Balaban J connectivity index is 1.49. The van der Waals surface area contributed by atoms with E-state index in [0.29, 0.717) is 18.3 Å². The fourth-order valence-corrected chi connectivity index (χ4v) is 4.28. The second-order valence-corrected chi connectivity index (χ2v) is 7.29. The molecule has 0 unspecified atom stereocenters. The molecule has 6 nitrogen and oxygen atoms in total. The van der Waals surface area contributed by atoms with Crippen LogP contribution in [0.2, 0.25) is 0 Å². The maximum Gasteiger partial charge on any atom is 0.261 e. The van der Waals surface area contributed by atoms with Crippen molar-refractivity contribution in [3.63, 3.8) is 0 Å². The first-order chi connectivity index (χ1) is 12.7. The highest BCUT2D eigenvalue weighted by molar-refractivity contribution is 5.78. The number of aryl methyl sites for hydroxylation is 1. The van der Waals surface area contributed by atoms with E-state index >= 15 is 0 Å². The van der Waals surface area contributed by atoms with Gasteiger partial charge in [0.05, 0.1) is 18.4 Å². The van der Waals surface area contributed by atoms with Crippen LogP contribution in [0.5, 0.6) is 5.75 Å². The lowest BCUT2D eigenvalue weighted by atomic mass is 10.1. The largest absolute Gasteiger partial charge is 0.482 e. The third kappa shape index (κ3) is 3.45. The van der Waals surface area contributed by atoms with Crippen molar-refractivity contribution in [2.24, 2.45) is 7.05 Å². The summed E-state index contributed by atoms with van der Waals surface area (Å²) in [4.78, 5) is 19.0. The normalized spacial score (nSPS) is 16.7. The number of pyridine rings is 1. The van der Waals surface area contributed by atoms with E-state index in [2.05, 4.69) is 4.98 Å². The number of nitrogens with zero attached hydrogens (tertiary/aromatic N) is 4. The van der Waals surface area contributed by atoms with Gasteiger partial charge in [-0.15, -0.1) is 0 Å². The number of carbonyl (C=O) groups excluding carboxylic acids is 1. The molecule has 0 radical (unpaired) electrons. The second kappa shape index (κ2) is 7.48. The lowest BCUT2D eigenvalue weighted by molar-refractivity contribution is -0.136. The quantitative estimate of drug-likeness (QED) is 0.800. The van der Waals surface area contributed by atoms with Gasteiger partial charge in [-0.05, 0) is 49.8 Å². The first-order valence-electron chi connectivity index (χ1n) is 9.58. The van der Waals surface area contributed by atoms with Gasteiger partial charge in [-0.3, -0.25) is 14.5 Å². The number of rotatable bonds is 6. The molecule has 4 rings (SSSR count). The maximum atomic E-state index is 13.0. The lowest BCUT2D eigenvalue weighted by Crippen LogP contribution is -2.41. The molecule has 1 saturated carbocycles. The molecule has 2 aliphatic carbocycles. The molecule has 0 atom stereocenters. The minimum Gasteiger partial charge on any atom is -0.482 e. The van der Waals surface area contributed by atoms with E-state index < -0.39 is 0 Å². The van der Waals surface area contributed by atoms with Crippen LogP contribution in [0, 0.1) is 0 Å². The molecule has 2 heterocycles. The summed E-state index contributed by atoms with van der Waals surface area (Å²) in [6.07, 6.45) is 11.2. The van der Waals surface area contributed by atoms with Gasteiger partial charge in [-0.25, -0.2) is 0 Å². The Hall–Kier alpha value is -2.37. The molecule has 0 saturated heterocycles. The first kappa shape index (κ1) is 17.1. The third-order valence-electron chi connectivity index (χ3n) is 5.60. The van der Waals surface area contributed by atoms with Crippen LogP contribution in [-0.2, 0) is 31.2 Å². The zero-order valence-electron chi connectivity index (χ0n) is 15.4. The van der Waals surface area contributed by atoms with Gasteiger partial charge in [0.15, 0.2) is 6.61 Å². The molecule has 2 aromatic rings. The van der Waals surface area contributed by atoms with Crippen LogP contribution in [0.3, 0.4) is 0 Å². The number of carbonyl (C=O) groups is 1. The van der Waals surface area contributed by atoms with E-state index in [-0.39, 0.29) is 12.5 Å². The summed E-state index contributed by atoms with van der Waals surface area (Å²) >= 11 is 0. The van der Waals surface area contributed by atoms with E-state index in [0.717, 1.165) is 31.4 Å². The summed E-state index contributed by atoms with van der Waals surface area (Å²) in [5.74, 6) is 0.670. The van der Waals surface area contributed by atoms with Crippen LogP contribution >= 0.6 is 0 Å². The van der Waals surface area contributed by atoms with E-state index in [1.165, 1.54) is 30.5 Å². The van der Waals surface area contributed by atoms with E-state index in [1.54, 1.807) is 12.4 Å².